The van der Waals surface area contributed by atoms with Crippen molar-refractivity contribution in [2.45, 2.75) is 74.7 Å². The van der Waals surface area contributed by atoms with Gasteiger partial charge in [-0.15, -0.1) is 0 Å². The molecule has 0 heterocycles. The monoisotopic (exact) mass is 316 g/mol. The smallest absolute Gasteiger partial charge is 0.311 e. The van der Waals surface area contributed by atoms with Crippen LogP contribution in [0.3, 0.4) is 0 Å². The molecule has 0 aliphatic rings. The van der Waals surface area contributed by atoms with Crippen molar-refractivity contribution in [3.8, 4) is 0 Å². The van der Waals surface area contributed by atoms with E-state index in [1.807, 2.05) is 41.5 Å². The highest BCUT2D eigenvalue weighted by molar-refractivity contribution is 5.76. The van der Waals surface area contributed by atoms with Crippen LogP contribution in [-0.2, 0) is 19.1 Å². The molecule has 0 aromatic rings. The first-order valence-electron chi connectivity index (χ1n) is 8.52. The van der Waals surface area contributed by atoms with Crippen LogP contribution >= 0.6 is 0 Å². The van der Waals surface area contributed by atoms with Gasteiger partial charge < -0.3 is 9.47 Å². The standard InChI is InChI=1S/C11H22O2.C7H14O2/c1-6-8-9(3)11(4,5)10(12)13-7-2;1-4-6(3)7(8)9-5-2/h9H,6-8H2,1-5H3;6H,4-5H2,1-3H3. The lowest BCUT2D eigenvalue weighted by Gasteiger charge is -2.28. The van der Waals surface area contributed by atoms with E-state index in [-0.39, 0.29) is 23.3 Å². The summed E-state index contributed by atoms with van der Waals surface area (Å²) in [4.78, 5) is 22.3. The summed E-state index contributed by atoms with van der Waals surface area (Å²) >= 11 is 0. The van der Waals surface area contributed by atoms with E-state index in [9.17, 15) is 9.59 Å². The van der Waals surface area contributed by atoms with E-state index < -0.39 is 0 Å². The predicted octanol–water partition coefficient (Wildman–Crippen LogP) is 4.61. The van der Waals surface area contributed by atoms with Crippen LogP contribution in [-0.4, -0.2) is 25.2 Å². The molecule has 22 heavy (non-hydrogen) atoms. The number of hydrogen-bond donors (Lipinski definition) is 0. The molecule has 0 amide bonds. The molecule has 0 saturated heterocycles. The Morgan fingerprint density at radius 2 is 1.45 bits per heavy atom. The zero-order valence-corrected chi connectivity index (χ0v) is 15.8. The SMILES string of the molecule is CCCC(C)C(C)(C)C(=O)OCC.CCOC(=O)C(C)CC. The first-order valence-corrected chi connectivity index (χ1v) is 8.52. The second kappa shape index (κ2) is 12.5. The van der Waals surface area contributed by atoms with Crippen molar-refractivity contribution in [1.29, 1.82) is 0 Å². The minimum atomic E-state index is -0.341. The van der Waals surface area contributed by atoms with Crippen LogP contribution < -0.4 is 0 Å². The Balaban J connectivity index is 0. The van der Waals surface area contributed by atoms with Gasteiger partial charge in [0.15, 0.2) is 0 Å². The molecule has 0 rings (SSSR count). The third kappa shape index (κ3) is 9.06. The second-order valence-corrected chi connectivity index (χ2v) is 6.19. The normalized spacial score (nSPS) is 13.5. The van der Waals surface area contributed by atoms with Crippen molar-refractivity contribution < 1.29 is 19.1 Å². The summed E-state index contributed by atoms with van der Waals surface area (Å²) < 4.78 is 9.79. The maximum atomic E-state index is 11.6. The summed E-state index contributed by atoms with van der Waals surface area (Å²) in [5.41, 5.74) is -0.341. The van der Waals surface area contributed by atoms with Gasteiger partial charge in [0.25, 0.3) is 0 Å². The Bertz CT molecular complexity index is 310. The van der Waals surface area contributed by atoms with Gasteiger partial charge in [0.1, 0.15) is 0 Å². The van der Waals surface area contributed by atoms with E-state index in [1.165, 1.54) is 0 Å². The van der Waals surface area contributed by atoms with Gasteiger partial charge in [0.2, 0.25) is 0 Å². The van der Waals surface area contributed by atoms with Gasteiger partial charge in [0.05, 0.1) is 24.5 Å². The molecule has 4 heteroatoms. The fourth-order valence-electron chi connectivity index (χ4n) is 1.76. The lowest BCUT2D eigenvalue weighted by Crippen LogP contribution is -2.33. The average molecular weight is 316 g/mol. The van der Waals surface area contributed by atoms with Crippen LogP contribution in [0.5, 0.6) is 0 Å². The van der Waals surface area contributed by atoms with Crippen LogP contribution in [0.15, 0.2) is 0 Å². The number of esters is 2. The van der Waals surface area contributed by atoms with Gasteiger partial charge in [-0.25, -0.2) is 0 Å². The van der Waals surface area contributed by atoms with Crippen LogP contribution in [0.1, 0.15) is 74.7 Å². The maximum absolute atomic E-state index is 11.6. The third-order valence-corrected chi connectivity index (χ3v) is 4.06. The van der Waals surface area contributed by atoms with Crippen molar-refractivity contribution in [2.24, 2.45) is 17.3 Å². The van der Waals surface area contributed by atoms with Gasteiger partial charge in [0, 0.05) is 0 Å². The van der Waals surface area contributed by atoms with Crippen molar-refractivity contribution in [2.75, 3.05) is 13.2 Å². The van der Waals surface area contributed by atoms with Gasteiger partial charge in [-0.2, -0.15) is 0 Å². The second-order valence-electron chi connectivity index (χ2n) is 6.19. The van der Waals surface area contributed by atoms with Crippen LogP contribution in [0.4, 0.5) is 0 Å². The van der Waals surface area contributed by atoms with E-state index in [0.29, 0.717) is 19.1 Å². The minimum Gasteiger partial charge on any atom is -0.466 e. The van der Waals surface area contributed by atoms with Crippen molar-refractivity contribution in [1.82, 2.24) is 0 Å². The zero-order valence-electron chi connectivity index (χ0n) is 15.8. The van der Waals surface area contributed by atoms with Crippen LogP contribution in [0.2, 0.25) is 0 Å². The number of ether oxygens (including phenoxy) is 2. The Labute approximate surface area is 136 Å². The van der Waals surface area contributed by atoms with Crippen molar-refractivity contribution in [3.05, 3.63) is 0 Å². The minimum absolute atomic E-state index is 0.0601. The van der Waals surface area contributed by atoms with E-state index in [1.54, 1.807) is 0 Å². The van der Waals surface area contributed by atoms with Gasteiger partial charge in [-0.05, 0) is 46.5 Å². The highest BCUT2D eigenvalue weighted by atomic mass is 16.5. The van der Waals surface area contributed by atoms with Gasteiger partial charge >= 0.3 is 11.9 Å². The molecule has 132 valence electrons. The van der Waals surface area contributed by atoms with Crippen LogP contribution in [0, 0.1) is 17.3 Å². The van der Waals surface area contributed by atoms with Crippen LogP contribution in [0.25, 0.3) is 0 Å². The summed E-state index contributed by atoms with van der Waals surface area (Å²) in [6.45, 7) is 16.7. The quantitative estimate of drug-likeness (QED) is 0.614. The number of rotatable bonds is 8. The molecule has 0 aliphatic carbocycles. The van der Waals surface area contributed by atoms with E-state index in [0.717, 1.165) is 19.3 Å². The summed E-state index contributed by atoms with van der Waals surface area (Å²) in [5, 5.41) is 0. The molecule has 2 unspecified atom stereocenters. The predicted molar refractivity (Wildman–Crippen MR) is 90.6 cm³/mol. The summed E-state index contributed by atoms with van der Waals surface area (Å²) in [6, 6.07) is 0. The summed E-state index contributed by atoms with van der Waals surface area (Å²) in [5.74, 6) is 0.289. The first kappa shape index (κ1) is 23.2. The molecule has 0 saturated carbocycles. The fourth-order valence-corrected chi connectivity index (χ4v) is 1.76. The largest absolute Gasteiger partial charge is 0.466 e. The Morgan fingerprint density at radius 1 is 0.955 bits per heavy atom. The highest BCUT2D eigenvalue weighted by Crippen LogP contribution is 2.31. The average Bonchev–Trinajstić information content (AvgIpc) is 2.47. The Kier molecular flexibility index (Phi) is 13.2. The lowest BCUT2D eigenvalue weighted by atomic mass is 9.78. The molecular formula is C18H36O4. The highest BCUT2D eigenvalue weighted by Gasteiger charge is 2.34. The van der Waals surface area contributed by atoms with Gasteiger partial charge in [-0.3, -0.25) is 9.59 Å². The number of carbonyl (C=O) groups is 2. The Morgan fingerprint density at radius 3 is 1.82 bits per heavy atom. The molecule has 0 fully saturated rings. The fraction of sp³-hybridized carbons (Fsp3) is 0.889. The molecule has 0 N–H and O–H groups in total. The third-order valence-electron chi connectivity index (χ3n) is 4.06. The number of hydrogen-bond acceptors (Lipinski definition) is 4. The van der Waals surface area contributed by atoms with E-state index >= 15 is 0 Å². The van der Waals surface area contributed by atoms with Gasteiger partial charge in [-0.1, -0.05) is 34.1 Å². The molecule has 0 radical (unpaired) electrons. The Hall–Kier alpha value is -1.06. The maximum Gasteiger partial charge on any atom is 0.311 e. The van der Waals surface area contributed by atoms with Crippen molar-refractivity contribution in [3.63, 3.8) is 0 Å². The topological polar surface area (TPSA) is 52.6 Å². The molecule has 2 atom stereocenters. The summed E-state index contributed by atoms with van der Waals surface area (Å²) in [6.07, 6.45) is 3.05. The molecule has 0 bridgehead atoms. The molecule has 4 nitrogen and oxygen atoms in total. The first-order chi connectivity index (χ1) is 10.2. The lowest BCUT2D eigenvalue weighted by molar-refractivity contribution is -0.156. The van der Waals surface area contributed by atoms with E-state index in [2.05, 4.69) is 13.8 Å². The molecule has 0 aliphatic heterocycles. The molecule has 0 spiro atoms. The van der Waals surface area contributed by atoms with Crippen molar-refractivity contribution >= 4 is 11.9 Å². The van der Waals surface area contributed by atoms with E-state index in [4.69, 9.17) is 9.47 Å². The molecule has 0 aromatic heterocycles. The molecular weight excluding hydrogens is 280 g/mol. The summed E-state index contributed by atoms with van der Waals surface area (Å²) in [7, 11) is 0. The number of carbonyl (C=O) groups excluding carboxylic acids is 2. The molecule has 0 aromatic carbocycles. The zero-order chi connectivity index (χ0) is 17.8.